The molecule has 0 spiro atoms. The molecule has 7 saturated carbocycles. The minimum Gasteiger partial charge on any atom is -0.0992 e. The lowest BCUT2D eigenvalue weighted by Gasteiger charge is -2.58. The van der Waals surface area contributed by atoms with Gasteiger partial charge in [0.2, 0.25) is 0 Å². The summed E-state index contributed by atoms with van der Waals surface area (Å²) in [6.45, 7) is 32.4. The smallest absolute Gasteiger partial charge is 0.0247 e. The van der Waals surface area contributed by atoms with Crippen molar-refractivity contribution >= 4 is 21.5 Å². The van der Waals surface area contributed by atoms with E-state index >= 15 is 0 Å². The van der Waals surface area contributed by atoms with E-state index in [9.17, 15) is 0 Å². The summed E-state index contributed by atoms with van der Waals surface area (Å²) in [5, 5.41) is 5.21. The molecule has 0 aliphatic heterocycles. The van der Waals surface area contributed by atoms with Crippen LogP contribution in [0.4, 0.5) is 0 Å². The van der Waals surface area contributed by atoms with Crippen LogP contribution in [0.2, 0.25) is 0 Å². The van der Waals surface area contributed by atoms with Gasteiger partial charge in [-0.2, -0.15) is 0 Å². The van der Waals surface area contributed by atoms with E-state index in [1.54, 1.807) is 27.8 Å². The molecule has 0 saturated heterocycles. The number of hydrogen-bond acceptors (Lipinski definition) is 0. The molecule has 3 atom stereocenters. The summed E-state index contributed by atoms with van der Waals surface area (Å²) in [4.78, 5) is 0. The first-order valence-electron chi connectivity index (χ1n) is 29.3. The number of fused-ring (bicyclic) bond motifs is 3. The first kappa shape index (κ1) is 50.7. The number of rotatable bonds is 16. The maximum Gasteiger partial charge on any atom is 0.0247 e. The predicted molar refractivity (Wildman–Crippen MR) is 320 cm³/mol. The maximum absolute atomic E-state index is 4.23. The standard InChI is InChI=1S/C38H44.C36H42/c1-7-26(6)8-9-27-10-11-31(21-36(27)38-17-16-35-33(22-38)20-34(35)23-38)29-12-13-30-19-32(15-14-28(30)18-29)37(24(2)3)25(4)5;1-6-7-28-8-9-32(19-34(28)36-20-25-14-26(21-36)16-27(15-25)22-36)30-10-11-31-18-33(13-12-29(31)17-30)35(23(2)3)24(4)5/h10-16,18-19,21,26,33-34,37H,2,4,7-9,17,20,22-23H2,1,3,5-6H3;8-13,17-19,25-27,35H,2,4,6-7,14-16,20-22H2,1,3,5H3. The Bertz CT molecular complexity index is 3140. The highest BCUT2D eigenvalue weighted by Crippen LogP contribution is 2.64. The van der Waals surface area contributed by atoms with Crippen LogP contribution in [-0.4, -0.2) is 0 Å². The fourth-order valence-corrected chi connectivity index (χ4v) is 16.8. The molecule has 8 bridgehead atoms. The summed E-state index contributed by atoms with van der Waals surface area (Å²) in [6.07, 6.45) is 23.1. The zero-order valence-corrected chi connectivity index (χ0v) is 46.5. The van der Waals surface area contributed by atoms with Gasteiger partial charge in [0.25, 0.3) is 0 Å². The minimum absolute atomic E-state index is 0.218. The van der Waals surface area contributed by atoms with Gasteiger partial charge in [0.05, 0.1) is 0 Å². The Hall–Kier alpha value is -5.46. The predicted octanol–water partition coefficient (Wildman–Crippen LogP) is 20.9. The molecule has 9 aliphatic rings. The summed E-state index contributed by atoms with van der Waals surface area (Å²) in [6, 6.07) is 42.8. The fourth-order valence-electron chi connectivity index (χ4n) is 16.8. The molecule has 6 aromatic carbocycles. The Balaban J connectivity index is 0.000000159. The highest BCUT2D eigenvalue weighted by Gasteiger charge is 2.54. The fraction of sp³-hybridized carbons (Fsp3) is 0.432. The average Bonchev–Trinajstić information content (AvgIpc) is 3.39. The van der Waals surface area contributed by atoms with Crippen LogP contribution in [-0.2, 0) is 23.7 Å². The lowest BCUT2D eigenvalue weighted by Crippen LogP contribution is -2.49. The lowest BCUT2D eigenvalue weighted by atomic mass is 9.46. The van der Waals surface area contributed by atoms with E-state index < -0.39 is 0 Å². The largest absolute Gasteiger partial charge is 0.0992 e. The number of hydrogen-bond donors (Lipinski definition) is 0. The first-order valence-corrected chi connectivity index (χ1v) is 29.3. The normalized spacial score (nSPS) is 25.4. The van der Waals surface area contributed by atoms with Crippen LogP contribution < -0.4 is 0 Å². The third-order valence-electron chi connectivity index (χ3n) is 20.1. The molecule has 0 aromatic heterocycles. The topological polar surface area (TPSA) is 0 Å². The van der Waals surface area contributed by atoms with Crippen LogP contribution in [0.1, 0.15) is 177 Å². The molecule has 0 heteroatoms. The van der Waals surface area contributed by atoms with Gasteiger partial charge in [0.15, 0.2) is 0 Å². The molecule has 0 radical (unpaired) electrons. The summed E-state index contributed by atoms with van der Waals surface area (Å²) in [5.74, 6) is 5.90. The second-order valence-corrected chi connectivity index (χ2v) is 25.9. The van der Waals surface area contributed by atoms with Crippen molar-refractivity contribution in [3.63, 3.8) is 0 Å². The third kappa shape index (κ3) is 9.49. The second-order valence-electron chi connectivity index (χ2n) is 25.9. The van der Waals surface area contributed by atoms with Gasteiger partial charge in [-0.25, -0.2) is 0 Å². The Morgan fingerprint density at radius 3 is 1.35 bits per heavy atom. The van der Waals surface area contributed by atoms with E-state index in [1.807, 2.05) is 0 Å². The molecule has 0 amide bonds. The van der Waals surface area contributed by atoms with E-state index in [2.05, 4.69) is 190 Å². The van der Waals surface area contributed by atoms with Crippen LogP contribution in [0, 0.1) is 35.5 Å². The van der Waals surface area contributed by atoms with Crippen molar-refractivity contribution in [3.8, 4) is 22.3 Å². The van der Waals surface area contributed by atoms with Crippen molar-refractivity contribution in [3.05, 3.63) is 203 Å². The molecular weight excluding hydrogens is 889 g/mol. The number of benzene rings is 6. The van der Waals surface area contributed by atoms with E-state index in [0.717, 1.165) is 57.8 Å². The molecule has 3 unspecified atom stereocenters. The Morgan fingerprint density at radius 2 is 0.905 bits per heavy atom. The monoisotopic (exact) mass is 975 g/mol. The highest BCUT2D eigenvalue weighted by atomic mass is 14.6. The summed E-state index contributed by atoms with van der Waals surface area (Å²) >= 11 is 0. The zero-order chi connectivity index (χ0) is 51.6. The lowest BCUT2D eigenvalue weighted by molar-refractivity contribution is -0.00556. The van der Waals surface area contributed by atoms with Gasteiger partial charge in [0, 0.05) is 17.3 Å². The van der Waals surface area contributed by atoms with Crippen LogP contribution in [0.25, 0.3) is 43.8 Å². The second kappa shape index (κ2) is 20.2. The van der Waals surface area contributed by atoms with Crippen molar-refractivity contribution in [1.29, 1.82) is 0 Å². The third-order valence-corrected chi connectivity index (χ3v) is 20.1. The highest BCUT2D eigenvalue weighted by molar-refractivity contribution is 5.89. The van der Waals surface area contributed by atoms with Crippen LogP contribution in [0.5, 0.6) is 0 Å². The van der Waals surface area contributed by atoms with Gasteiger partial charge in [-0.1, -0.05) is 191 Å². The minimum atomic E-state index is 0.218. The molecule has 7 fully saturated rings. The molecular formula is C74H86. The molecule has 382 valence electrons. The van der Waals surface area contributed by atoms with Crippen LogP contribution in [0.15, 0.2) is 169 Å². The molecule has 6 aromatic rings. The maximum atomic E-state index is 4.23. The van der Waals surface area contributed by atoms with Crippen molar-refractivity contribution in [2.75, 3.05) is 0 Å². The van der Waals surface area contributed by atoms with Crippen LogP contribution >= 0.6 is 0 Å². The molecule has 74 heavy (non-hydrogen) atoms. The quantitative estimate of drug-likeness (QED) is 0.0848. The summed E-state index contributed by atoms with van der Waals surface area (Å²) < 4.78 is 0. The number of aryl methyl sites for hydroxylation is 2. The SMILES string of the molecule is C=C(C)C(C(=C)C)c1ccc2cc(-c3ccc(CCC(C)CC)c(C45CC=C6C(CC6C4)C5)c3)ccc2c1.C=C(C)C(C(=C)C)c1ccc2cc(-c3ccc(CCC)c(C45CC6CC(CC(C6)C4)C5)c3)ccc2c1. The first-order chi connectivity index (χ1) is 35.6. The van der Waals surface area contributed by atoms with Gasteiger partial charge < -0.3 is 0 Å². The van der Waals surface area contributed by atoms with Crippen molar-refractivity contribution in [1.82, 2.24) is 0 Å². The number of allylic oxidation sites excluding steroid dienone is 6. The van der Waals surface area contributed by atoms with Gasteiger partial charge in [-0.05, 0) is 241 Å². The van der Waals surface area contributed by atoms with E-state index in [1.165, 1.54) is 151 Å². The zero-order valence-electron chi connectivity index (χ0n) is 46.5. The van der Waals surface area contributed by atoms with Crippen molar-refractivity contribution < 1.29 is 0 Å². The van der Waals surface area contributed by atoms with Gasteiger partial charge in [-0.15, -0.1) is 0 Å². The van der Waals surface area contributed by atoms with Gasteiger partial charge in [0.1, 0.15) is 0 Å². The summed E-state index contributed by atoms with van der Waals surface area (Å²) in [5.41, 5.74) is 21.9. The van der Waals surface area contributed by atoms with Crippen LogP contribution in [0.3, 0.4) is 0 Å². The Kier molecular flexibility index (Phi) is 13.9. The molecule has 15 rings (SSSR count). The Labute approximate surface area is 447 Å². The van der Waals surface area contributed by atoms with Gasteiger partial charge in [-0.3, -0.25) is 0 Å². The van der Waals surface area contributed by atoms with E-state index in [-0.39, 0.29) is 11.8 Å². The van der Waals surface area contributed by atoms with Crippen molar-refractivity contribution in [2.45, 2.75) is 167 Å². The Morgan fingerprint density at radius 1 is 0.486 bits per heavy atom. The molecule has 0 nitrogen and oxygen atoms in total. The van der Waals surface area contributed by atoms with Gasteiger partial charge >= 0.3 is 0 Å². The molecule has 9 aliphatic carbocycles. The molecule has 0 heterocycles. The average molecular weight is 976 g/mol. The van der Waals surface area contributed by atoms with E-state index in [0.29, 0.717) is 10.8 Å². The summed E-state index contributed by atoms with van der Waals surface area (Å²) in [7, 11) is 0. The molecule has 0 N–H and O–H groups in total. The van der Waals surface area contributed by atoms with E-state index in [4.69, 9.17) is 0 Å². The van der Waals surface area contributed by atoms with Crippen molar-refractivity contribution in [2.24, 2.45) is 35.5 Å².